The second-order valence-electron chi connectivity index (χ2n) is 8.59. The molecule has 8 nitrogen and oxygen atoms in total. The van der Waals surface area contributed by atoms with E-state index < -0.39 is 34.5 Å². The van der Waals surface area contributed by atoms with E-state index in [1.54, 1.807) is 6.92 Å². The van der Waals surface area contributed by atoms with Crippen molar-refractivity contribution < 1.29 is 22.4 Å². The Morgan fingerprint density at radius 3 is 2.14 bits per heavy atom. The minimum atomic E-state index is -4.07. The number of carbonyl (C=O) groups is 2. The fourth-order valence-electron chi connectivity index (χ4n) is 3.36. The van der Waals surface area contributed by atoms with Crippen molar-refractivity contribution in [3.05, 3.63) is 66.0 Å². The number of amides is 2. The molecular weight excluding hydrogens is 471 g/mol. The molecule has 2 aromatic rings. The molecule has 0 saturated heterocycles. The van der Waals surface area contributed by atoms with Crippen molar-refractivity contribution in [2.45, 2.75) is 45.7 Å². The molecule has 10 heteroatoms. The fraction of sp³-hybridized carbons (Fsp3) is 0.440. The van der Waals surface area contributed by atoms with Crippen LogP contribution in [0.2, 0.25) is 0 Å². The van der Waals surface area contributed by atoms with E-state index in [1.807, 2.05) is 44.2 Å². The number of hydrogen-bond acceptors (Lipinski definition) is 4. The first-order valence-corrected chi connectivity index (χ1v) is 13.0. The van der Waals surface area contributed by atoms with Gasteiger partial charge in [-0.25, -0.2) is 8.70 Å². The Labute approximate surface area is 207 Å². The molecule has 0 spiro atoms. The quantitative estimate of drug-likeness (QED) is 0.479. The zero-order chi connectivity index (χ0) is 26.2. The van der Waals surface area contributed by atoms with Gasteiger partial charge >= 0.3 is 10.2 Å². The van der Waals surface area contributed by atoms with Crippen molar-refractivity contribution in [2.75, 3.05) is 31.5 Å². The molecule has 0 radical (unpaired) electrons. The van der Waals surface area contributed by atoms with E-state index >= 15 is 0 Å². The molecule has 0 heterocycles. The highest BCUT2D eigenvalue weighted by molar-refractivity contribution is 7.90. The van der Waals surface area contributed by atoms with Gasteiger partial charge in [-0.3, -0.25) is 9.59 Å². The Morgan fingerprint density at radius 2 is 1.60 bits per heavy atom. The summed E-state index contributed by atoms with van der Waals surface area (Å²) in [5.74, 6) is -1.38. The average molecular weight is 507 g/mol. The van der Waals surface area contributed by atoms with Gasteiger partial charge in [0.15, 0.2) is 0 Å². The summed E-state index contributed by atoms with van der Waals surface area (Å²) in [5.41, 5.74) is 1.13. The predicted octanol–water partition coefficient (Wildman–Crippen LogP) is 2.81. The van der Waals surface area contributed by atoms with Crippen LogP contribution in [0.1, 0.15) is 32.8 Å². The second-order valence-corrected chi connectivity index (χ2v) is 10.7. The SMILES string of the molecule is CC[C@@H](C)NC(=O)[C@H](C)N(CCc1ccccc1)C(=O)CN(c1ccc(F)cc1)S(=O)(=O)N(C)C. The van der Waals surface area contributed by atoms with Crippen LogP contribution in [0.15, 0.2) is 54.6 Å². The van der Waals surface area contributed by atoms with Crippen LogP contribution < -0.4 is 9.62 Å². The second kappa shape index (κ2) is 12.6. The summed E-state index contributed by atoms with van der Waals surface area (Å²) >= 11 is 0. The summed E-state index contributed by atoms with van der Waals surface area (Å²) < 4.78 is 41.5. The number of hydrogen-bond donors (Lipinski definition) is 1. The maximum atomic E-state index is 13.5. The molecule has 0 unspecified atom stereocenters. The molecule has 35 heavy (non-hydrogen) atoms. The highest BCUT2D eigenvalue weighted by atomic mass is 32.2. The van der Waals surface area contributed by atoms with Crippen LogP contribution in [-0.4, -0.2) is 68.7 Å². The third-order valence-corrected chi connectivity index (χ3v) is 7.61. The third kappa shape index (κ3) is 7.76. The number of rotatable bonds is 12. The lowest BCUT2D eigenvalue weighted by Gasteiger charge is -2.33. The molecular formula is C25H35FN4O4S. The maximum Gasteiger partial charge on any atom is 0.304 e. The van der Waals surface area contributed by atoms with Gasteiger partial charge in [-0.1, -0.05) is 37.3 Å². The molecule has 2 atom stereocenters. The van der Waals surface area contributed by atoms with Crippen molar-refractivity contribution in [2.24, 2.45) is 0 Å². The molecule has 0 aromatic heterocycles. The summed E-state index contributed by atoms with van der Waals surface area (Å²) in [6.07, 6.45) is 1.22. The van der Waals surface area contributed by atoms with Crippen molar-refractivity contribution in [1.82, 2.24) is 14.5 Å². The first-order valence-electron chi connectivity index (χ1n) is 11.6. The van der Waals surface area contributed by atoms with Crippen molar-refractivity contribution in [3.8, 4) is 0 Å². The lowest BCUT2D eigenvalue weighted by atomic mass is 10.1. The van der Waals surface area contributed by atoms with Crippen LogP contribution in [0.25, 0.3) is 0 Å². The Bertz CT molecular complexity index is 1080. The number of benzene rings is 2. The summed E-state index contributed by atoms with van der Waals surface area (Å²) in [4.78, 5) is 27.8. The van der Waals surface area contributed by atoms with Crippen molar-refractivity contribution >= 4 is 27.7 Å². The van der Waals surface area contributed by atoms with E-state index in [0.29, 0.717) is 6.42 Å². The van der Waals surface area contributed by atoms with Crippen LogP contribution in [-0.2, 0) is 26.2 Å². The van der Waals surface area contributed by atoms with Gasteiger partial charge in [0.25, 0.3) is 0 Å². The Kier molecular flexibility index (Phi) is 10.2. The number of nitrogens with zero attached hydrogens (tertiary/aromatic N) is 3. The maximum absolute atomic E-state index is 13.5. The molecule has 0 bridgehead atoms. The Hall–Kier alpha value is -2.98. The van der Waals surface area contributed by atoms with E-state index in [4.69, 9.17) is 0 Å². The molecule has 192 valence electrons. The summed E-state index contributed by atoms with van der Waals surface area (Å²) in [7, 11) is -1.37. The fourth-order valence-corrected chi connectivity index (χ4v) is 4.42. The predicted molar refractivity (Wildman–Crippen MR) is 136 cm³/mol. The molecule has 2 aromatic carbocycles. The van der Waals surface area contributed by atoms with Crippen molar-refractivity contribution in [1.29, 1.82) is 0 Å². The third-order valence-electron chi connectivity index (χ3n) is 5.79. The summed E-state index contributed by atoms with van der Waals surface area (Å²) in [6.45, 7) is 5.13. The summed E-state index contributed by atoms with van der Waals surface area (Å²) in [5, 5.41) is 2.89. The molecule has 0 fully saturated rings. The number of nitrogens with one attached hydrogen (secondary N) is 1. The minimum Gasteiger partial charge on any atom is -0.352 e. The average Bonchev–Trinajstić information content (AvgIpc) is 2.83. The van der Waals surface area contributed by atoms with Gasteiger partial charge in [0.2, 0.25) is 11.8 Å². The molecule has 1 N–H and O–H groups in total. The smallest absolute Gasteiger partial charge is 0.304 e. The molecule has 2 rings (SSSR count). The van der Waals surface area contributed by atoms with Gasteiger partial charge in [0.05, 0.1) is 5.69 Å². The van der Waals surface area contributed by atoms with Gasteiger partial charge in [0.1, 0.15) is 18.4 Å². The van der Waals surface area contributed by atoms with Crippen LogP contribution in [0, 0.1) is 5.82 Å². The first-order chi connectivity index (χ1) is 16.5. The minimum absolute atomic E-state index is 0.0687. The number of halogens is 1. The van der Waals surface area contributed by atoms with Crippen molar-refractivity contribution in [3.63, 3.8) is 0 Å². The van der Waals surface area contributed by atoms with Gasteiger partial charge in [-0.15, -0.1) is 0 Å². The molecule has 0 aliphatic rings. The highest BCUT2D eigenvalue weighted by Crippen LogP contribution is 2.21. The summed E-state index contributed by atoms with van der Waals surface area (Å²) in [6, 6.07) is 13.5. The monoisotopic (exact) mass is 506 g/mol. The van der Waals surface area contributed by atoms with Gasteiger partial charge < -0.3 is 10.2 Å². The number of anilines is 1. The van der Waals surface area contributed by atoms with Crippen LogP contribution in [0.3, 0.4) is 0 Å². The normalized spacial score (nSPS) is 13.2. The number of carbonyl (C=O) groups excluding carboxylic acids is 2. The highest BCUT2D eigenvalue weighted by Gasteiger charge is 2.32. The van der Waals surface area contributed by atoms with E-state index in [0.717, 1.165) is 32.7 Å². The van der Waals surface area contributed by atoms with Crippen LogP contribution >= 0.6 is 0 Å². The topological polar surface area (TPSA) is 90.0 Å². The van der Waals surface area contributed by atoms with E-state index in [9.17, 15) is 22.4 Å². The van der Waals surface area contributed by atoms with E-state index in [-0.39, 0.29) is 24.2 Å². The first kappa shape index (κ1) is 28.3. The van der Waals surface area contributed by atoms with Crippen LogP contribution in [0.4, 0.5) is 10.1 Å². The Morgan fingerprint density at radius 1 is 1.00 bits per heavy atom. The molecule has 0 aliphatic heterocycles. The van der Waals surface area contributed by atoms with Gasteiger partial charge in [-0.05, 0) is 56.5 Å². The van der Waals surface area contributed by atoms with Crippen LogP contribution in [0.5, 0.6) is 0 Å². The van der Waals surface area contributed by atoms with E-state index in [2.05, 4.69) is 5.32 Å². The zero-order valence-electron chi connectivity index (χ0n) is 20.9. The lowest BCUT2D eigenvalue weighted by Crippen LogP contribution is -2.54. The lowest BCUT2D eigenvalue weighted by molar-refractivity contribution is -0.139. The molecule has 2 amide bonds. The zero-order valence-corrected chi connectivity index (χ0v) is 21.8. The van der Waals surface area contributed by atoms with Gasteiger partial charge in [0, 0.05) is 26.7 Å². The largest absolute Gasteiger partial charge is 0.352 e. The van der Waals surface area contributed by atoms with Gasteiger partial charge in [-0.2, -0.15) is 12.7 Å². The standard InChI is InChI=1S/C25H35FN4O4S/c1-6-19(2)27-25(32)20(3)29(17-16-21-10-8-7-9-11-21)24(31)18-30(35(33,34)28(4)5)23-14-12-22(26)13-15-23/h7-15,19-20H,6,16-18H2,1-5H3,(H,27,32)/t19-,20+/m1/s1. The Balaban J connectivity index is 2.36. The van der Waals surface area contributed by atoms with E-state index in [1.165, 1.54) is 31.1 Å². The molecule has 0 aliphatic carbocycles. The molecule has 0 saturated carbocycles.